The molecule has 19 heavy (non-hydrogen) atoms. The van der Waals surface area contributed by atoms with Gasteiger partial charge in [0, 0.05) is 30.2 Å². The summed E-state index contributed by atoms with van der Waals surface area (Å²) in [7, 11) is 2.24. The van der Waals surface area contributed by atoms with Crippen LogP contribution < -0.4 is 0 Å². The zero-order valence-corrected chi connectivity index (χ0v) is 12.5. The molecule has 2 aliphatic heterocycles. The molecule has 102 valence electrons. The van der Waals surface area contributed by atoms with Gasteiger partial charge in [0.15, 0.2) is 0 Å². The van der Waals surface area contributed by atoms with E-state index in [2.05, 4.69) is 47.7 Å². The third kappa shape index (κ3) is 1.53. The van der Waals surface area contributed by atoms with Gasteiger partial charge in [0.2, 0.25) is 0 Å². The first-order chi connectivity index (χ1) is 8.72. The second kappa shape index (κ2) is 4.26. The van der Waals surface area contributed by atoms with Crippen LogP contribution in [0.4, 0.5) is 0 Å². The van der Waals surface area contributed by atoms with Crippen LogP contribution in [0.5, 0.6) is 0 Å². The van der Waals surface area contributed by atoms with Gasteiger partial charge in [-0.05, 0) is 44.4 Å². The minimum absolute atomic E-state index is 0. The number of benzene rings is 1. The molecule has 0 saturated carbocycles. The van der Waals surface area contributed by atoms with Gasteiger partial charge in [-0.25, -0.2) is 0 Å². The average molecular weight is 277 g/mol. The Morgan fingerprint density at radius 1 is 1.16 bits per heavy atom. The topological polar surface area (TPSA) is 8.17 Å². The fourth-order valence-corrected chi connectivity index (χ4v) is 4.30. The van der Waals surface area contributed by atoms with E-state index in [4.69, 9.17) is 0 Å². The minimum atomic E-state index is 0. The van der Waals surface area contributed by atoms with E-state index in [1.54, 1.807) is 11.3 Å². The van der Waals surface area contributed by atoms with Gasteiger partial charge in [0.05, 0.1) is 5.54 Å². The first-order valence-electron chi connectivity index (χ1n) is 7.03. The monoisotopic (exact) mass is 276 g/mol. The Kier molecular flexibility index (Phi) is 2.91. The summed E-state index contributed by atoms with van der Waals surface area (Å²) < 4.78 is 2.45. The Morgan fingerprint density at radius 2 is 1.95 bits per heavy atom. The molecule has 0 spiro atoms. The van der Waals surface area contributed by atoms with Crippen LogP contribution in [-0.2, 0) is 19.0 Å². The Balaban J connectivity index is 0.00000110. The third-order valence-electron chi connectivity index (χ3n) is 5.14. The zero-order chi connectivity index (χ0) is 12.3. The van der Waals surface area contributed by atoms with Crippen LogP contribution >= 0.6 is 12.4 Å². The number of aromatic nitrogens is 1. The van der Waals surface area contributed by atoms with Crippen LogP contribution in [0.15, 0.2) is 24.3 Å². The molecule has 1 aromatic heterocycles. The van der Waals surface area contributed by atoms with Crippen molar-refractivity contribution in [1.82, 2.24) is 9.47 Å². The van der Waals surface area contributed by atoms with Crippen molar-refractivity contribution in [3.8, 4) is 0 Å². The van der Waals surface area contributed by atoms with E-state index in [1.165, 1.54) is 43.3 Å². The summed E-state index contributed by atoms with van der Waals surface area (Å²) in [5.74, 6) is 0. The Labute approximate surface area is 120 Å². The highest BCUT2D eigenvalue weighted by molar-refractivity contribution is 5.86. The van der Waals surface area contributed by atoms with Gasteiger partial charge in [-0.15, -0.1) is 12.4 Å². The first kappa shape index (κ1) is 13.0. The van der Waals surface area contributed by atoms with Crippen molar-refractivity contribution in [2.24, 2.45) is 7.05 Å². The van der Waals surface area contributed by atoms with Crippen LogP contribution in [-0.4, -0.2) is 22.6 Å². The molecular formula is C16H21ClN2. The highest BCUT2D eigenvalue weighted by Gasteiger charge is 2.44. The van der Waals surface area contributed by atoms with E-state index in [-0.39, 0.29) is 17.9 Å². The van der Waals surface area contributed by atoms with Gasteiger partial charge in [0.1, 0.15) is 0 Å². The average Bonchev–Trinajstić information content (AvgIpc) is 2.90. The number of nitrogens with zero attached hydrogens (tertiary/aromatic N) is 2. The summed E-state index contributed by atoms with van der Waals surface area (Å²) in [6.45, 7) is 4.95. The third-order valence-corrected chi connectivity index (χ3v) is 5.14. The normalized spacial score (nSPS) is 26.0. The number of rotatable bonds is 0. The van der Waals surface area contributed by atoms with Gasteiger partial charge >= 0.3 is 0 Å². The lowest BCUT2D eigenvalue weighted by molar-refractivity contribution is 0.135. The van der Waals surface area contributed by atoms with Crippen molar-refractivity contribution in [3.63, 3.8) is 0 Å². The second-order valence-corrected chi connectivity index (χ2v) is 6.02. The van der Waals surface area contributed by atoms with Crippen LogP contribution in [0.3, 0.4) is 0 Å². The van der Waals surface area contributed by atoms with Crippen LogP contribution in [0, 0.1) is 0 Å². The van der Waals surface area contributed by atoms with Crippen molar-refractivity contribution >= 4 is 23.3 Å². The summed E-state index contributed by atoms with van der Waals surface area (Å²) >= 11 is 0. The zero-order valence-electron chi connectivity index (χ0n) is 11.6. The van der Waals surface area contributed by atoms with Gasteiger partial charge < -0.3 is 4.57 Å². The van der Waals surface area contributed by atoms with E-state index >= 15 is 0 Å². The maximum atomic E-state index is 2.69. The van der Waals surface area contributed by atoms with Crippen molar-refractivity contribution in [2.45, 2.75) is 31.7 Å². The largest absolute Gasteiger partial charge is 0.346 e. The van der Waals surface area contributed by atoms with Crippen LogP contribution in [0.1, 0.15) is 31.0 Å². The predicted octanol–water partition coefficient (Wildman–Crippen LogP) is 3.47. The van der Waals surface area contributed by atoms with Gasteiger partial charge in [-0.1, -0.05) is 18.2 Å². The quantitative estimate of drug-likeness (QED) is 0.715. The molecular weight excluding hydrogens is 256 g/mol. The van der Waals surface area contributed by atoms with E-state index < -0.39 is 0 Å². The summed E-state index contributed by atoms with van der Waals surface area (Å²) in [5.41, 5.74) is 4.86. The maximum Gasteiger partial charge on any atom is 0.0588 e. The highest BCUT2D eigenvalue weighted by atomic mass is 35.5. The number of hydrogen-bond acceptors (Lipinski definition) is 1. The maximum absolute atomic E-state index is 2.69. The van der Waals surface area contributed by atoms with E-state index in [1.807, 2.05) is 0 Å². The molecule has 1 aromatic carbocycles. The summed E-state index contributed by atoms with van der Waals surface area (Å²) in [4.78, 5) is 2.69. The second-order valence-electron chi connectivity index (χ2n) is 6.02. The fourth-order valence-electron chi connectivity index (χ4n) is 4.30. The van der Waals surface area contributed by atoms with Gasteiger partial charge in [-0.2, -0.15) is 0 Å². The van der Waals surface area contributed by atoms with E-state index in [0.29, 0.717) is 0 Å². The van der Waals surface area contributed by atoms with Crippen molar-refractivity contribution in [3.05, 3.63) is 35.5 Å². The van der Waals surface area contributed by atoms with E-state index in [9.17, 15) is 0 Å². The molecule has 2 aromatic rings. The smallest absolute Gasteiger partial charge is 0.0588 e. The molecule has 0 amide bonds. The molecule has 4 rings (SSSR count). The molecule has 1 atom stereocenters. The van der Waals surface area contributed by atoms with Crippen LogP contribution in [0.25, 0.3) is 10.9 Å². The summed E-state index contributed by atoms with van der Waals surface area (Å²) in [5, 5.41) is 1.47. The molecule has 0 aliphatic carbocycles. The fraction of sp³-hybridized carbons (Fsp3) is 0.500. The van der Waals surface area contributed by atoms with Gasteiger partial charge in [0.25, 0.3) is 0 Å². The van der Waals surface area contributed by atoms with Crippen molar-refractivity contribution in [2.75, 3.05) is 13.1 Å². The summed E-state index contributed by atoms with van der Waals surface area (Å²) in [6, 6.07) is 8.88. The number of fused-ring (bicyclic) bond motifs is 5. The molecule has 1 unspecified atom stereocenters. The molecule has 3 heteroatoms. The van der Waals surface area contributed by atoms with Crippen molar-refractivity contribution < 1.29 is 0 Å². The highest BCUT2D eigenvalue weighted by Crippen LogP contribution is 2.45. The molecule has 1 fully saturated rings. The lowest BCUT2D eigenvalue weighted by Gasteiger charge is -2.40. The Bertz CT molecular complexity index is 631. The molecule has 0 bridgehead atoms. The SMILES string of the molecule is Cl.Cn1c2c(c3ccccc31)CCN1CCCC21C. The standard InChI is InChI=1S/C16H20N2.ClH/c1-16-9-5-10-18(16)11-8-13-12-6-3-4-7-14(12)17(2)15(13)16;/h3-4,6-7H,5,8-11H2,1-2H3;1H. The minimum Gasteiger partial charge on any atom is -0.346 e. The summed E-state index contributed by atoms with van der Waals surface area (Å²) in [6.07, 6.45) is 3.87. The predicted molar refractivity (Wildman–Crippen MR) is 82.0 cm³/mol. The first-order valence-corrected chi connectivity index (χ1v) is 7.03. The van der Waals surface area contributed by atoms with Crippen molar-refractivity contribution in [1.29, 1.82) is 0 Å². The molecule has 0 N–H and O–H groups in total. The van der Waals surface area contributed by atoms with Crippen LogP contribution in [0.2, 0.25) is 0 Å². The van der Waals surface area contributed by atoms with Gasteiger partial charge in [-0.3, -0.25) is 4.90 Å². The molecule has 0 radical (unpaired) electrons. The molecule has 1 saturated heterocycles. The number of hydrogen-bond donors (Lipinski definition) is 0. The molecule has 2 nitrogen and oxygen atoms in total. The number of aryl methyl sites for hydroxylation is 1. The molecule has 2 aliphatic rings. The van der Waals surface area contributed by atoms with E-state index in [0.717, 1.165) is 0 Å². The lowest BCUT2D eigenvalue weighted by Crippen LogP contribution is -2.45. The lowest BCUT2D eigenvalue weighted by atomic mass is 9.86. The Hall–Kier alpha value is -0.990. The number of halogens is 1. The Morgan fingerprint density at radius 3 is 2.79 bits per heavy atom. The molecule has 3 heterocycles. The number of para-hydroxylation sites is 1.